The predicted molar refractivity (Wildman–Crippen MR) is 143 cm³/mol. The first-order valence-corrected chi connectivity index (χ1v) is 11.7. The van der Waals surface area contributed by atoms with E-state index in [9.17, 15) is 9.59 Å². The van der Waals surface area contributed by atoms with Gasteiger partial charge in [0.05, 0.1) is 16.6 Å². The number of benzene rings is 3. The molecule has 0 saturated carbocycles. The standard InChI is InChI=1S/C31H21N3O2/c35-28(20-8-3-1-4-9-20)17-24-19-33-31-26(30(24)36)18-25(29(34-31)21-10-5-2-6-11-21)22-13-14-27-23(16-22)12-7-15-32-27/h1-16,18-19H,17H2,(H,33,34,36). The lowest BCUT2D eigenvalue weighted by Gasteiger charge is -2.13. The first-order chi connectivity index (χ1) is 17.7. The van der Waals surface area contributed by atoms with Crippen molar-refractivity contribution in [2.45, 2.75) is 6.42 Å². The summed E-state index contributed by atoms with van der Waals surface area (Å²) in [6.45, 7) is 0. The van der Waals surface area contributed by atoms with E-state index in [0.29, 0.717) is 22.2 Å². The highest BCUT2D eigenvalue weighted by atomic mass is 16.1. The first kappa shape index (κ1) is 21.6. The van der Waals surface area contributed by atoms with Crippen LogP contribution < -0.4 is 5.43 Å². The van der Waals surface area contributed by atoms with Crippen molar-refractivity contribution in [2.24, 2.45) is 0 Å². The average molecular weight is 468 g/mol. The highest BCUT2D eigenvalue weighted by molar-refractivity contribution is 5.98. The third-order valence-corrected chi connectivity index (χ3v) is 6.35. The van der Waals surface area contributed by atoms with Crippen molar-refractivity contribution in [1.29, 1.82) is 0 Å². The van der Waals surface area contributed by atoms with Crippen LogP contribution in [0, 0.1) is 0 Å². The van der Waals surface area contributed by atoms with Gasteiger partial charge in [0.15, 0.2) is 11.2 Å². The fraction of sp³-hybridized carbons (Fsp3) is 0.0323. The highest BCUT2D eigenvalue weighted by Crippen LogP contribution is 2.33. The highest BCUT2D eigenvalue weighted by Gasteiger charge is 2.17. The number of hydrogen-bond donors (Lipinski definition) is 1. The van der Waals surface area contributed by atoms with Gasteiger partial charge in [-0.15, -0.1) is 0 Å². The molecule has 3 aromatic heterocycles. The smallest absolute Gasteiger partial charge is 0.194 e. The molecule has 172 valence electrons. The Morgan fingerprint density at radius 2 is 1.58 bits per heavy atom. The van der Waals surface area contributed by atoms with Crippen molar-refractivity contribution >= 4 is 27.7 Å². The number of nitrogens with zero attached hydrogens (tertiary/aromatic N) is 2. The van der Waals surface area contributed by atoms with E-state index in [4.69, 9.17) is 4.98 Å². The molecular weight excluding hydrogens is 446 g/mol. The maximum Gasteiger partial charge on any atom is 0.194 e. The molecule has 0 saturated heterocycles. The van der Waals surface area contributed by atoms with Crippen LogP contribution in [0.3, 0.4) is 0 Å². The Balaban J connectivity index is 1.53. The van der Waals surface area contributed by atoms with Crippen molar-refractivity contribution in [3.8, 4) is 22.4 Å². The van der Waals surface area contributed by atoms with Crippen LogP contribution in [0.25, 0.3) is 44.3 Å². The van der Waals surface area contributed by atoms with Crippen molar-refractivity contribution in [3.63, 3.8) is 0 Å². The second-order valence-electron chi connectivity index (χ2n) is 8.67. The summed E-state index contributed by atoms with van der Waals surface area (Å²) in [5.41, 5.74) is 5.70. The number of nitrogens with one attached hydrogen (secondary N) is 1. The summed E-state index contributed by atoms with van der Waals surface area (Å²) < 4.78 is 0. The number of H-pyrrole nitrogens is 1. The van der Waals surface area contributed by atoms with Crippen LogP contribution in [-0.2, 0) is 6.42 Å². The summed E-state index contributed by atoms with van der Waals surface area (Å²) in [5.74, 6) is -0.100. The molecule has 1 N–H and O–H groups in total. The van der Waals surface area contributed by atoms with Crippen LogP contribution in [0.15, 0.2) is 114 Å². The van der Waals surface area contributed by atoms with Crippen LogP contribution in [0.4, 0.5) is 0 Å². The number of rotatable bonds is 5. The minimum absolute atomic E-state index is 0.0205. The van der Waals surface area contributed by atoms with Crippen molar-refractivity contribution in [2.75, 3.05) is 0 Å². The first-order valence-electron chi connectivity index (χ1n) is 11.7. The number of aromatic amines is 1. The quantitative estimate of drug-likeness (QED) is 0.305. The van der Waals surface area contributed by atoms with Crippen molar-refractivity contribution < 1.29 is 4.79 Å². The molecule has 0 bridgehead atoms. The molecule has 0 aliphatic rings. The van der Waals surface area contributed by atoms with Gasteiger partial charge in [-0.25, -0.2) is 4.98 Å². The van der Waals surface area contributed by atoms with Gasteiger partial charge in [0.2, 0.25) is 0 Å². The summed E-state index contributed by atoms with van der Waals surface area (Å²) in [6.07, 6.45) is 3.40. The molecule has 3 heterocycles. The Hall–Kier alpha value is -4.90. The Morgan fingerprint density at radius 1 is 0.806 bits per heavy atom. The fourth-order valence-electron chi connectivity index (χ4n) is 4.50. The number of hydrogen-bond acceptors (Lipinski definition) is 4. The van der Waals surface area contributed by atoms with Gasteiger partial charge < -0.3 is 4.98 Å². The summed E-state index contributed by atoms with van der Waals surface area (Å²) in [7, 11) is 0. The Bertz CT molecular complexity index is 1790. The Kier molecular flexibility index (Phi) is 5.43. The van der Waals surface area contributed by atoms with E-state index >= 15 is 0 Å². The molecule has 6 aromatic rings. The third kappa shape index (κ3) is 3.97. The van der Waals surface area contributed by atoms with Crippen LogP contribution in [0.5, 0.6) is 0 Å². The molecule has 0 amide bonds. The zero-order chi connectivity index (χ0) is 24.5. The molecular formula is C31H21N3O2. The fourth-order valence-corrected chi connectivity index (χ4v) is 4.50. The molecule has 0 spiro atoms. The largest absolute Gasteiger partial charge is 0.346 e. The number of carbonyl (C=O) groups is 1. The number of carbonyl (C=O) groups excluding carboxylic acids is 1. The van der Waals surface area contributed by atoms with Gasteiger partial charge in [0.1, 0.15) is 5.65 Å². The van der Waals surface area contributed by atoms with E-state index in [1.807, 2.05) is 78.9 Å². The zero-order valence-electron chi connectivity index (χ0n) is 19.3. The minimum atomic E-state index is -0.191. The summed E-state index contributed by atoms with van der Waals surface area (Å²) in [4.78, 5) is 38.8. The number of fused-ring (bicyclic) bond motifs is 2. The normalized spacial score (nSPS) is 11.1. The van der Waals surface area contributed by atoms with Crippen LogP contribution in [-0.4, -0.2) is 20.7 Å². The van der Waals surface area contributed by atoms with Crippen LogP contribution in [0.1, 0.15) is 15.9 Å². The van der Waals surface area contributed by atoms with Gasteiger partial charge >= 0.3 is 0 Å². The molecule has 3 aromatic carbocycles. The van der Waals surface area contributed by atoms with Crippen molar-refractivity contribution in [1.82, 2.24) is 15.0 Å². The second kappa shape index (κ2) is 9.04. The molecule has 36 heavy (non-hydrogen) atoms. The maximum atomic E-state index is 13.5. The van der Waals surface area contributed by atoms with Crippen LogP contribution in [0.2, 0.25) is 0 Å². The van der Waals surface area contributed by atoms with Crippen LogP contribution >= 0.6 is 0 Å². The van der Waals surface area contributed by atoms with E-state index in [2.05, 4.69) is 16.0 Å². The lowest BCUT2D eigenvalue weighted by atomic mass is 9.96. The number of aromatic nitrogens is 3. The summed E-state index contributed by atoms with van der Waals surface area (Å²) in [6, 6.07) is 30.8. The zero-order valence-corrected chi connectivity index (χ0v) is 19.3. The Labute approximate surface area is 207 Å². The maximum absolute atomic E-state index is 13.5. The molecule has 5 heteroatoms. The van der Waals surface area contributed by atoms with E-state index in [0.717, 1.165) is 33.3 Å². The summed E-state index contributed by atoms with van der Waals surface area (Å²) >= 11 is 0. The molecule has 5 nitrogen and oxygen atoms in total. The van der Waals surface area contributed by atoms with Gasteiger partial charge in [-0.3, -0.25) is 14.6 Å². The van der Waals surface area contributed by atoms with Gasteiger partial charge in [-0.05, 0) is 29.8 Å². The lowest BCUT2D eigenvalue weighted by molar-refractivity contribution is 0.0992. The van der Waals surface area contributed by atoms with Gasteiger partial charge in [0, 0.05) is 46.5 Å². The van der Waals surface area contributed by atoms with E-state index < -0.39 is 0 Å². The molecule has 6 rings (SSSR count). The monoisotopic (exact) mass is 467 g/mol. The molecule has 0 atom stereocenters. The molecule has 0 aliphatic carbocycles. The van der Waals surface area contributed by atoms with Gasteiger partial charge in [-0.2, -0.15) is 0 Å². The minimum Gasteiger partial charge on any atom is -0.346 e. The topological polar surface area (TPSA) is 75.7 Å². The number of Topliss-reactive ketones (excluding diaryl/α,β-unsaturated/α-hetero) is 1. The van der Waals surface area contributed by atoms with E-state index in [1.54, 1.807) is 24.5 Å². The lowest BCUT2D eigenvalue weighted by Crippen LogP contribution is -2.15. The Morgan fingerprint density at radius 3 is 2.39 bits per heavy atom. The second-order valence-corrected chi connectivity index (χ2v) is 8.67. The van der Waals surface area contributed by atoms with E-state index in [1.165, 1.54) is 0 Å². The third-order valence-electron chi connectivity index (χ3n) is 6.35. The number of ketones is 1. The average Bonchev–Trinajstić information content (AvgIpc) is 2.94. The number of pyridine rings is 3. The van der Waals surface area contributed by atoms with Gasteiger partial charge in [-0.1, -0.05) is 72.8 Å². The van der Waals surface area contributed by atoms with Gasteiger partial charge in [0.25, 0.3) is 0 Å². The predicted octanol–water partition coefficient (Wildman–Crippen LogP) is 6.23. The van der Waals surface area contributed by atoms with Crippen molar-refractivity contribution in [3.05, 3.63) is 131 Å². The SMILES string of the molecule is O=C(Cc1c[nH]c2nc(-c3ccccc3)c(-c3ccc4ncccc4c3)cc2c1=O)c1ccccc1. The molecule has 0 radical (unpaired) electrons. The van der Waals surface area contributed by atoms with E-state index in [-0.39, 0.29) is 17.6 Å². The molecule has 0 unspecified atom stereocenters. The molecule has 0 fully saturated rings. The molecule has 0 aliphatic heterocycles. The summed E-state index contributed by atoms with van der Waals surface area (Å²) in [5, 5.41) is 1.46.